The van der Waals surface area contributed by atoms with Gasteiger partial charge in [-0.3, -0.25) is 9.78 Å². The lowest BCUT2D eigenvalue weighted by Gasteiger charge is -2.26. The van der Waals surface area contributed by atoms with Crippen LogP contribution in [-0.4, -0.2) is 23.1 Å². The van der Waals surface area contributed by atoms with Gasteiger partial charge in [-0.15, -0.1) is 0 Å². The van der Waals surface area contributed by atoms with Gasteiger partial charge in [0.2, 0.25) is 0 Å². The van der Waals surface area contributed by atoms with Gasteiger partial charge in [-0.1, -0.05) is 12.8 Å². The second kappa shape index (κ2) is 7.03. The van der Waals surface area contributed by atoms with Gasteiger partial charge < -0.3 is 5.32 Å². The van der Waals surface area contributed by atoms with Crippen LogP contribution < -0.4 is 5.32 Å². The van der Waals surface area contributed by atoms with Gasteiger partial charge in [0.1, 0.15) is 17.8 Å². The van der Waals surface area contributed by atoms with Crippen LogP contribution in [0.1, 0.15) is 36.0 Å². The molecular formula is C18H17F3N2O. The summed E-state index contributed by atoms with van der Waals surface area (Å²) < 4.78 is 40.5. The number of pyridine rings is 1. The van der Waals surface area contributed by atoms with E-state index in [1.165, 1.54) is 30.6 Å². The minimum Gasteiger partial charge on any atom is -0.346 e. The molecule has 1 saturated carbocycles. The van der Waals surface area contributed by atoms with E-state index >= 15 is 0 Å². The molecule has 1 N–H and O–H groups in total. The Balaban J connectivity index is 1.80. The van der Waals surface area contributed by atoms with E-state index in [-0.39, 0.29) is 11.1 Å². The van der Waals surface area contributed by atoms with Crippen molar-refractivity contribution in [2.75, 3.05) is 0 Å². The van der Waals surface area contributed by atoms with Crippen molar-refractivity contribution in [1.82, 2.24) is 10.3 Å². The summed E-state index contributed by atoms with van der Waals surface area (Å²) in [6, 6.07) is 4.10. The zero-order chi connectivity index (χ0) is 17.1. The molecule has 0 spiro atoms. The van der Waals surface area contributed by atoms with Crippen LogP contribution in [0.2, 0.25) is 0 Å². The average molecular weight is 334 g/mol. The molecule has 1 aromatic carbocycles. The molecule has 1 aliphatic rings. The SMILES string of the molecule is O=C(N[C@@H]1CCCC[C@@H]1F)c1cncc(-c2cc(F)cc(F)c2)c1. The summed E-state index contributed by atoms with van der Waals surface area (Å²) in [6.45, 7) is 0. The highest BCUT2D eigenvalue weighted by Crippen LogP contribution is 2.23. The minimum atomic E-state index is -1.05. The Morgan fingerprint density at radius 1 is 1.00 bits per heavy atom. The van der Waals surface area contributed by atoms with Crippen molar-refractivity contribution in [2.24, 2.45) is 0 Å². The molecule has 0 aliphatic heterocycles. The van der Waals surface area contributed by atoms with Crippen LogP contribution in [0, 0.1) is 11.6 Å². The van der Waals surface area contributed by atoms with Crippen LogP contribution in [0.25, 0.3) is 11.1 Å². The van der Waals surface area contributed by atoms with Gasteiger partial charge in [-0.2, -0.15) is 0 Å². The maximum absolute atomic E-state index is 13.8. The van der Waals surface area contributed by atoms with Gasteiger partial charge in [-0.25, -0.2) is 13.2 Å². The molecule has 2 aromatic rings. The number of hydrogen-bond donors (Lipinski definition) is 1. The number of nitrogens with zero attached hydrogens (tertiary/aromatic N) is 1. The third-order valence-corrected chi connectivity index (χ3v) is 4.19. The highest BCUT2D eigenvalue weighted by atomic mass is 19.1. The van der Waals surface area contributed by atoms with Crippen molar-refractivity contribution in [3.63, 3.8) is 0 Å². The Bertz CT molecular complexity index is 731. The van der Waals surface area contributed by atoms with Crippen LogP contribution in [0.15, 0.2) is 36.7 Å². The zero-order valence-corrected chi connectivity index (χ0v) is 12.9. The quantitative estimate of drug-likeness (QED) is 0.920. The number of rotatable bonds is 3. The molecule has 0 unspecified atom stereocenters. The lowest BCUT2D eigenvalue weighted by atomic mass is 9.93. The van der Waals surface area contributed by atoms with E-state index < -0.39 is 29.8 Å². The smallest absolute Gasteiger partial charge is 0.253 e. The van der Waals surface area contributed by atoms with E-state index in [2.05, 4.69) is 10.3 Å². The van der Waals surface area contributed by atoms with Gasteiger partial charge in [0.25, 0.3) is 5.91 Å². The monoisotopic (exact) mass is 334 g/mol. The second-order valence-electron chi connectivity index (χ2n) is 6.00. The van der Waals surface area contributed by atoms with E-state index in [9.17, 15) is 18.0 Å². The van der Waals surface area contributed by atoms with E-state index in [4.69, 9.17) is 0 Å². The fourth-order valence-electron chi connectivity index (χ4n) is 2.94. The van der Waals surface area contributed by atoms with Crippen LogP contribution in [0.4, 0.5) is 13.2 Å². The number of amides is 1. The largest absolute Gasteiger partial charge is 0.346 e. The Kier molecular flexibility index (Phi) is 4.83. The average Bonchev–Trinajstić information content (AvgIpc) is 2.56. The standard InChI is InChI=1S/C18H17F3N2O/c19-14-6-11(7-15(20)8-14)12-5-13(10-22-9-12)18(24)23-17-4-2-1-3-16(17)21/h5-10,16-17H,1-4H2,(H,23,24)/t16-,17+/m0/s1. The molecule has 1 aliphatic carbocycles. The molecule has 0 saturated heterocycles. The number of halogens is 3. The van der Waals surface area contributed by atoms with Crippen molar-refractivity contribution in [3.8, 4) is 11.1 Å². The molecule has 1 amide bonds. The third-order valence-electron chi connectivity index (χ3n) is 4.19. The highest BCUT2D eigenvalue weighted by Gasteiger charge is 2.26. The molecule has 24 heavy (non-hydrogen) atoms. The molecule has 3 nitrogen and oxygen atoms in total. The first-order valence-electron chi connectivity index (χ1n) is 7.89. The van der Waals surface area contributed by atoms with Gasteiger partial charge in [0.15, 0.2) is 0 Å². The predicted molar refractivity (Wildman–Crippen MR) is 84.2 cm³/mol. The fourth-order valence-corrected chi connectivity index (χ4v) is 2.94. The molecule has 1 heterocycles. The molecule has 0 radical (unpaired) electrons. The molecule has 2 atom stereocenters. The number of nitrogens with one attached hydrogen (secondary N) is 1. The summed E-state index contributed by atoms with van der Waals surface area (Å²) in [7, 11) is 0. The van der Waals surface area contributed by atoms with Gasteiger partial charge in [-0.05, 0) is 36.6 Å². The van der Waals surface area contributed by atoms with Crippen molar-refractivity contribution in [1.29, 1.82) is 0 Å². The Morgan fingerprint density at radius 2 is 1.71 bits per heavy atom. The number of benzene rings is 1. The van der Waals surface area contributed by atoms with Crippen molar-refractivity contribution in [3.05, 3.63) is 53.9 Å². The molecule has 1 aromatic heterocycles. The van der Waals surface area contributed by atoms with Crippen LogP contribution in [0.5, 0.6) is 0 Å². The van der Waals surface area contributed by atoms with Crippen molar-refractivity contribution in [2.45, 2.75) is 37.9 Å². The van der Waals surface area contributed by atoms with Gasteiger partial charge in [0, 0.05) is 24.0 Å². The van der Waals surface area contributed by atoms with E-state index in [0.29, 0.717) is 18.4 Å². The molecule has 0 bridgehead atoms. The first-order chi connectivity index (χ1) is 11.5. The number of alkyl halides is 1. The summed E-state index contributed by atoms with van der Waals surface area (Å²) >= 11 is 0. The minimum absolute atomic E-state index is 0.231. The van der Waals surface area contributed by atoms with E-state index in [0.717, 1.165) is 18.9 Å². The van der Waals surface area contributed by atoms with Crippen LogP contribution in [-0.2, 0) is 0 Å². The van der Waals surface area contributed by atoms with Crippen LogP contribution >= 0.6 is 0 Å². The summed E-state index contributed by atoms with van der Waals surface area (Å²) in [5.74, 6) is -1.85. The second-order valence-corrected chi connectivity index (χ2v) is 6.00. The maximum atomic E-state index is 13.8. The van der Waals surface area contributed by atoms with E-state index in [1.807, 2.05) is 0 Å². The lowest BCUT2D eigenvalue weighted by Crippen LogP contribution is -2.43. The summed E-state index contributed by atoms with van der Waals surface area (Å²) in [4.78, 5) is 16.3. The van der Waals surface area contributed by atoms with Gasteiger partial charge in [0.05, 0.1) is 11.6 Å². The maximum Gasteiger partial charge on any atom is 0.253 e. The first kappa shape index (κ1) is 16.5. The lowest BCUT2D eigenvalue weighted by molar-refractivity contribution is 0.0883. The normalized spacial score (nSPS) is 20.6. The topological polar surface area (TPSA) is 42.0 Å². The summed E-state index contributed by atoms with van der Waals surface area (Å²) in [5, 5.41) is 2.68. The Labute approximate surface area is 137 Å². The number of aromatic nitrogens is 1. The third kappa shape index (κ3) is 3.75. The fraction of sp³-hybridized carbons (Fsp3) is 0.333. The molecular weight excluding hydrogens is 317 g/mol. The number of hydrogen-bond acceptors (Lipinski definition) is 2. The zero-order valence-electron chi connectivity index (χ0n) is 12.9. The number of carbonyl (C=O) groups excluding carboxylic acids is 1. The highest BCUT2D eigenvalue weighted by molar-refractivity contribution is 5.95. The van der Waals surface area contributed by atoms with Crippen LogP contribution in [0.3, 0.4) is 0 Å². The summed E-state index contributed by atoms with van der Waals surface area (Å²) in [5.41, 5.74) is 0.937. The summed E-state index contributed by atoms with van der Waals surface area (Å²) in [6.07, 6.45) is 4.49. The molecule has 1 fully saturated rings. The van der Waals surface area contributed by atoms with Crippen molar-refractivity contribution >= 4 is 5.91 Å². The molecule has 126 valence electrons. The molecule has 6 heteroatoms. The Hall–Kier alpha value is -2.37. The van der Waals surface area contributed by atoms with Crippen molar-refractivity contribution < 1.29 is 18.0 Å². The number of carbonyl (C=O) groups is 1. The Morgan fingerprint density at radius 3 is 2.42 bits per heavy atom. The first-order valence-corrected chi connectivity index (χ1v) is 7.89. The van der Waals surface area contributed by atoms with E-state index in [1.54, 1.807) is 0 Å². The predicted octanol–water partition coefficient (Wildman–Crippen LogP) is 4.04. The van der Waals surface area contributed by atoms with Gasteiger partial charge >= 0.3 is 0 Å². The molecule has 3 rings (SSSR count).